The Bertz CT molecular complexity index is 3840. The molecule has 0 radical (unpaired) electrons. The Morgan fingerprint density at radius 3 is 1.66 bits per heavy atom. The van der Waals surface area contributed by atoms with Crippen molar-refractivity contribution in [3.05, 3.63) is 263 Å². The molecule has 3 atom stereocenters. The maximum atomic E-state index is 14.3. The predicted octanol–water partition coefficient (Wildman–Crippen LogP) is 23.7. The average molecular weight is 1500 g/mol. The number of amides is 4. The molecule has 11 nitrogen and oxygen atoms in total. The summed E-state index contributed by atoms with van der Waals surface area (Å²) in [6.07, 6.45) is 24.7. The molecule has 4 amide bonds. The highest BCUT2D eigenvalue weighted by Gasteiger charge is 2.34. The minimum absolute atomic E-state index is 0.00499. The van der Waals surface area contributed by atoms with Crippen molar-refractivity contribution in [2.75, 3.05) is 61.8 Å². The van der Waals surface area contributed by atoms with Gasteiger partial charge < -0.3 is 19.5 Å². The molecule has 15 heteroatoms. The monoisotopic (exact) mass is 1500 g/mol. The van der Waals surface area contributed by atoms with Crippen molar-refractivity contribution in [2.24, 2.45) is 5.41 Å². The number of esters is 1. The third-order valence-corrected chi connectivity index (χ3v) is 24.2. The molecule has 0 saturated carbocycles. The van der Waals surface area contributed by atoms with Crippen LogP contribution in [0.5, 0.6) is 0 Å². The number of nitrogens with zero attached hydrogens (tertiary/aromatic N) is 1. The fourth-order valence-corrected chi connectivity index (χ4v) is 17.5. The quantitative estimate of drug-likeness (QED) is 0.00836. The second-order valence-electron chi connectivity index (χ2n) is 28.2. The van der Waals surface area contributed by atoms with Gasteiger partial charge in [0.25, 0.3) is 11.8 Å². The number of thioether (sulfide) groups is 3. The molecule has 1 aliphatic heterocycles. The zero-order chi connectivity index (χ0) is 74.2. The van der Waals surface area contributed by atoms with E-state index in [9.17, 15) is 19.2 Å². The molecule has 3 N–H and O–H groups in total. The molecular formula is C91H112N4O7S4. The van der Waals surface area contributed by atoms with Crippen LogP contribution in [-0.2, 0) is 36.9 Å². The van der Waals surface area contributed by atoms with Gasteiger partial charge in [-0.2, -0.15) is 23.5 Å². The molecule has 0 aliphatic carbocycles. The van der Waals surface area contributed by atoms with Crippen molar-refractivity contribution >= 4 is 97.7 Å². The number of allylic oxidation sites excluding steroid dienone is 1. The van der Waals surface area contributed by atoms with E-state index >= 15 is 0 Å². The largest absolute Gasteiger partial charge is 0.465 e. The number of anilines is 2. The molecule has 1 aliphatic rings. The lowest BCUT2D eigenvalue weighted by Crippen LogP contribution is -2.40. The van der Waals surface area contributed by atoms with Crippen molar-refractivity contribution in [1.82, 2.24) is 10.3 Å². The molecule has 8 aromatic carbocycles. The molecule has 0 bridgehead atoms. The molecule has 0 spiro atoms. The molecular weight excluding hydrogens is 1390 g/mol. The highest BCUT2D eigenvalue weighted by molar-refractivity contribution is 8.23. The van der Waals surface area contributed by atoms with E-state index in [1.807, 2.05) is 66.0 Å². The van der Waals surface area contributed by atoms with Crippen molar-refractivity contribution in [2.45, 2.75) is 184 Å². The first-order chi connectivity index (χ1) is 52.0. The molecule has 0 saturated heterocycles. The summed E-state index contributed by atoms with van der Waals surface area (Å²) < 4.78 is 20.2. The van der Waals surface area contributed by atoms with Crippen LogP contribution in [0.15, 0.2) is 213 Å². The molecule has 106 heavy (non-hydrogen) atoms. The number of urea groups is 1. The summed E-state index contributed by atoms with van der Waals surface area (Å²) in [5.41, 5.74) is 16.0. The number of rotatable bonds is 51. The zero-order valence-corrected chi connectivity index (χ0v) is 65.9. The van der Waals surface area contributed by atoms with Gasteiger partial charge in [0.1, 0.15) is 6.61 Å². The second-order valence-corrected chi connectivity index (χ2v) is 32.3. The van der Waals surface area contributed by atoms with Crippen LogP contribution in [0.3, 0.4) is 0 Å². The number of hydrazine groups is 1. The Morgan fingerprint density at radius 2 is 1.08 bits per heavy atom. The Morgan fingerprint density at radius 1 is 0.547 bits per heavy atom. The van der Waals surface area contributed by atoms with Gasteiger partial charge in [0, 0.05) is 70.5 Å². The van der Waals surface area contributed by atoms with Gasteiger partial charge in [0.15, 0.2) is 0 Å². The topological polar surface area (TPSA) is 135 Å². The number of carbonyl (C=O) groups excluding carboxylic acids is 4. The van der Waals surface area contributed by atoms with Crippen LogP contribution >= 0.6 is 47.5 Å². The van der Waals surface area contributed by atoms with E-state index in [4.69, 9.17) is 26.4 Å². The molecule has 1 heterocycles. The molecule has 8 aromatic rings. The maximum absolute atomic E-state index is 14.3. The van der Waals surface area contributed by atoms with Crippen LogP contribution in [0.4, 0.5) is 16.2 Å². The molecule has 3 unspecified atom stereocenters. The van der Waals surface area contributed by atoms with E-state index < -0.39 is 11.4 Å². The molecule has 562 valence electrons. The standard InChI is InChI=1S/C91H112N4O7S4/c1-4-7-36-70-49-51-73(52-50-70)77(45-34-48-85(96)102-69-91(5-2,67-100-59-30-14-10-8-12-16-32-61-104-65-71-37-22-18-23-38-71)68-101-60-31-15-11-9-13-17-33-62-105-66-72-39-24-19-25-40-72)63-78(64-84(75-41-26-20-27-42-75)106-89(103)76-43-28-21-29-44-76)74-53-55-79(56-54-74)92-90(99)94-93-83-58-57-82-86-80(83)46-35-47-81(86)87(97)95(6-3)88(82)98/h4,18-29,35,37-44,46-47,49-58,77-78,84,93H,1,5-17,30-34,36,45,48,59-69H2,2-3H3,(H2,92,94,99). The van der Waals surface area contributed by atoms with Gasteiger partial charge in [-0.1, -0.05) is 259 Å². The average Bonchev–Trinajstić information content (AvgIpc) is 0.741. The first-order valence-corrected chi connectivity index (χ1v) is 42.5. The third-order valence-electron chi connectivity index (χ3n) is 20.3. The van der Waals surface area contributed by atoms with Crippen LogP contribution in [0, 0.1) is 5.41 Å². The lowest BCUT2D eigenvalue weighted by Gasteiger charge is -2.32. The number of carbonyl (C=O) groups is 4. The first-order valence-electron chi connectivity index (χ1n) is 38.9. The fraction of sp³-hybridized carbons (Fsp3) is 0.418. The highest BCUT2D eigenvalue weighted by Crippen LogP contribution is 2.45. The zero-order valence-electron chi connectivity index (χ0n) is 62.6. The SMILES string of the molecule is C=CCCc1ccc(C(CCCC(=O)OCC(CC)(COCCCCCCCCCSCc2ccccc2)COCCCCCCCCCSCc2ccccc2)CC(CC(SC(=S)c2ccccc2)c2ccccc2)c2ccc(NC(=O)NNc3ccc4c5c(cccc35)C(=O)N(CC)C4=O)cc2)cc1. The normalized spacial score (nSPS) is 12.9. The van der Waals surface area contributed by atoms with Crippen LogP contribution in [-0.4, -0.2) is 84.0 Å². The van der Waals surface area contributed by atoms with Crippen LogP contribution in [0.2, 0.25) is 0 Å². The van der Waals surface area contributed by atoms with Gasteiger partial charge in [0.2, 0.25) is 0 Å². The summed E-state index contributed by atoms with van der Waals surface area (Å²) in [5, 5.41) is 4.21. The number of aryl methyl sites for hydroxylation is 1. The molecule has 0 fully saturated rings. The van der Waals surface area contributed by atoms with Crippen LogP contribution < -0.4 is 16.2 Å². The van der Waals surface area contributed by atoms with E-state index in [0.29, 0.717) is 66.1 Å². The predicted molar refractivity (Wildman–Crippen MR) is 451 cm³/mol. The smallest absolute Gasteiger partial charge is 0.337 e. The van der Waals surface area contributed by atoms with E-state index in [1.165, 1.54) is 108 Å². The summed E-state index contributed by atoms with van der Waals surface area (Å²) in [6, 6.07) is 67.8. The van der Waals surface area contributed by atoms with Crippen molar-refractivity contribution in [3.8, 4) is 0 Å². The number of ether oxygens (including phenoxy) is 3. The van der Waals surface area contributed by atoms with Gasteiger partial charge >= 0.3 is 12.0 Å². The Hall–Kier alpha value is -7.50. The number of unbranched alkanes of at least 4 members (excludes halogenated alkanes) is 12. The summed E-state index contributed by atoms with van der Waals surface area (Å²) in [6.45, 7) is 10.8. The molecule has 9 rings (SSSR count). The summed E-state index contributed by atoms with van der Waals surface area (Å²) in [7, 11) is 0. The fourth-order valence-electron chi connectivity index (χ4n) is 13.9. The second kappa shape index (κ2) is 46.7. The summed E-state index contributed by atoms with van der Waals surface area (Å²) >= 11 is 12.0. The maximum Gasteiger partial charge on any atom is 0.337 e. The minimum atomic E-state index is -0.494. The first kappa shape index (κ1) is 82.6. The Kier molecular flexibility index (Phi) is 36.3. The Labute approximate surface area is 650 Å². The van der Waals surface area contributed by atoms with Crippen molar-refractivity contribution in [3.63, 3.8) is 0 Å². The van der Waals surface area contributed by atoms with Crippen molar-refractivity contribution < 1.29 is 33.4 Å². The lowest BCUT2D eigenvalue weighted by molar-refractivity contribution is -0.152. The van der Waals surface area contributed by atoms with Crippen LogP contribution in [0.25, 0.3) is 10.8 Å². The lowest BCUT2D eigenvalue weighted by atomic mass is 9.79. The van der Waals surface area contributed by atoms with Crippen molar-refractivity contribution in [1.29, 1.82) is 0 Å². The number of benzene rings is 8. The van der Waals surface area contributed by atoms with Gasteiger partial charge in [-0.15, -0.1) is 18.3 Å². The van der Waals surface area contributed by atoms with E-state index in [-0.39, 0.29) is 54.4 Å². The van der Waals surface area contributed by atoms with Crippen LogP contribution in [0.1, 0.15) is 225 Å². The Balaban J connectivity index is 0.837. The van der Waals surface area contributed by atoms with E-state index in [2.05, 4.69) is 169 Å². The third kappa shape index (κ3) is 27.3. The van der Waals surface area contributed by atoms with Gasteiger partial charge in [-0.25, -0.2) is 4.79 Å². The molecule has 0 aromatic heterocycles. The number of hydrogen-bond donors (Lipinski definition) is 3. The van der Waals surface area contributed by atoms with E-state index in [0.717, 1.165) is 91.0 Å². The minimum Gasteiger partial charge on any atom is -0.465 e. The van der Waals surface area contributed by atoms with Gasteiger partial charge in [0.05, 0.1) is 28.5 Å². The van der Waals surface area contributed by atoms with Gasteiger partial charge in [-0.05, 0) is 170 Å². The van der Waals surface area contributed by atoms with E-state index in [1.54, 1.807) is 43.0 Å². The highest BCUT2D eigenvalue weighted by atomic mass is 32.2. The van der Waals surface area contributed by atoms with Gasteiger partial charge in [-0.3, -0.25) is 30.1 Å². The summed E-state index contributed by atoms with van der Waals surface area (Å²) in [5.74, 6) is 3.80. The number of nitrogens with one attached hydrogen (secondary N) is 3. The summed E-state index contributed by atoms with van der Waals surface area (Å²) in [4.78, 5) is 55.9. The number of hydrogen-bond acceptors (Lipinski definition) is 12. The number of thiocarbonyl (C=S) groups is 1. The number of imide groups is 1.